The van der Waals surface area contributed by atoms with Crippen molar-refractivity contribution in [3.05, 3.63) is 0 Å². The van der Waals surface area contributed by atoms with Crippen LogP contribution in [0.15, 0.2) is 5.16 Å². The summed E-state index contributed by atoms with van der Waals surface area (Å²) in [6.45, 7) is 0. The van der Waals surface area contributed by atoms with E-state index in [0.29, 0.717) is 0 Å². The van der Waals surface area contributed by atoms with E-state index in [9.17, 15) is 0 Å². The standard InChI is InChI=1S/C6H12N2O.ClH/c7-5-3-1-2-4-6(5)8-9;/h5,9H,1-4,7H2;1H. The quantitative estimate of drug-likeness (QED) is 0.417. The lowest BCUT2D eigenvalue weighted by molar-refractivity contribution is 0.312. The fourth-order valence-corrected chi connectivity index (χ4v) is 1.15. The molecule has 1 fully saturated rings. The minimum absolute atomic E-state index is 0. The summed E-state index contributed by atoms with van der Waals surface area (Å²) in [7, 11) is 0. The molecular formula is C6H13ClN2O. The molecule has 4 heteroatoms. The van der Waals surface area contributed by atoms with Crippen LogP contribution in [-0.2, 0) is 0 Å². The van der Waals surface area contributed by atoms with E-state index >= 15 is 0 Å². The van der Waals surface area contributed by atoms with Crippen LogP contribution < -0.4 is 5.73 Å². The van der Waals surface area contributed by atoms with E-state index in [1.807, 2.05) is 0 Å². The predicted octanol–water partition coefficient (Wildman–Crippen LogP) is 1.14. The maximum atomic E-state index is 8.37. The van der Waals surface area contributed by atoms with E-state index in [4.69, 9.17) is 10.9 Å². The van der Waals surface area contributed by atoms with Crippen molar-refractivity contribution in [3.63, 3.8) is 0 Å². The highest BCUT2D eigenvalue weighted by molar-refractivity contribution is 5.89. The third-order valence-corrected chi connectivity index (χ3v) is 1.75. The first-order chi connectivity index (χ1) is 4.34. The van der Waals surface area contributed by atoms with Crippen LogP contribution in [0, 0.1) is 0 Å². The molecule has 0 aromatic heterocycles. The lowest BCUT2D eigenvalue weighted by atomic mass is 9.94. The van der Waals surface area contributed by atoms with Gasteiger partial charge < -0.3 is 10.9 Å². The third-order valence-electron chi connectivity index (χ3n) is 1.75. The molecule has 0 saturated heterocycles. The number of nitrogens with two attached hydrogens (primary N) is 1. The SMILES string of the molecule is Cl.NC1CCCCC1=NO. The third kappa shape index (κ3) is 2.15. The van der Waals surface area contributed by atoms with Crippen molar-refractivity contribution in [2.75, 3.05) is 0 Å². The summed E-state index contributed by atoms with van der Waals surface area (Å²) in [6.07, 6.45) is 4.13. The number of nitrogens with zero attached hydrogens (tertiary/aromatic N) is 1. The number of halogens is 1. The molecule has 3 N–H and O–H groups in total. The smallest absolute Gasteiger partial charge is 0.0737 e. The zero-order chi connectivity index (χ0) is 6.69. The molecule has 1 atom stereocenters. The fourth-order valence-electron chi connectivity index (χ4n) is 1.15. The topological polar surface area (TPSA) is 58.6 Å². The van der Waals surface area contributed by atoms with Gasteiger partial charge in [0.05, 0.1) is 5.71 Å². The van der Waals surface area contributed by atoms with Crippen LogP contribution in [0.5, 0.6) is 0 Å². The molecule has 0 aromatic rings. The number of hydrogen-bond donors (Lipinski definition) is 2. The van der Waals surface area contributed by atoms with Gasteiger partial charge in [0.15, 0.2) is 0 Å². The van der Waals surface area contributed by atoms with Crippen molar-refractivity contribution < 1.29 is 5.21 Å². The van der Waals surface area contributed by atoms with Gasteiger partial charge in [-0.1, -0.05) is 11.6 Å². The Morgan fingerprint density at radius 3 is 2.60 bits per heavy atom. The second kappa shape index (κ2) is 4.52. The highest BCUT2D eigenvalue weighted by Crippen LogP contribution is 2.13. The molecule has 0 aliphatic heterocycles. The van der Waals surface area contributed by atoms with Gasteiger partial charge in [-0.15, -0.1) is 12.4 Å². The molecule has 1 unspecified atom stereocenters. The summed E-state index contributed by atoms with van der Waals surface area (Å²) >= 11 is 0. The Bertz CT molecular complexity index is 127. The van der Waals surface area contributed by atoms with Crippen LogP contribution in [0.4, 0.5) is 0 Å². The number of hydrogen-bond acceptors (Lipinski definition) is 3. The Labute approximate surface area is 66.7 Å². The van der Waals surface area contributed by atoms with Gasteiger partial charge in [-0.25, -0.2) is 0 Å². The first kappa shape index (κ1) is 9.72. The van der Waals surface area contributed by atoms with Crippen LogP contribution in [-0.4, -0.2) is 17.0 Å². The van der Waals surface area contributed by atoms with Gasteiger partial charge in [-0.2, -0.15) is 0 Å². The molecule has 1 aliphatic rings. The van der Waals surface area contributed by atoms with Gasteiger partial charge >= 0.3 is 0 Å². The minimum Gasteiger partial charge on any atom is -0.411 e. The maximum Gasteiger partial charge on any atom is 0.0737 e. The normalized spacial score (nSPS) is 29.7. The van der Waals surface area contributed by atoms with Crippen molar-refractivity contribution in [2.45, 2.75) is 31.7 Å². The second-order valence-electron chi connectivity index (χ2n) is 2.44. The number of oxime groups is 1. The first-order valence-electron chi connectivity index (χ1n) is 3.31. The van der Waals surface area contributed by atoms with Gasteiger partial charge in [0, 0.05) is 6.04 Å². The first-order valence-corrected chi connectivity index (χ1v) is 3.31. The fraction of sp³-hybridized carbons (Fsp3) is 0.833. The Balaban J connectivity index is 0.000000810. The van der Waals surface area contributed by atoms with E-state index in [1.54, 1.807) is 0 Å². The summed E-state index contributed by atoms with van der Waals surface area (Å²) in [5.41, 5.74) is 6.36. The summed E-state index contributed by atoms with van der Waals surface area (Å²) in [5.74, 6) is 0. The highest BCUT2D eigenvalue weighted by Gasteiger charge is 2.15. The molecule has 1 aliphatic carbocycles. The van der Waals surface area contributed by atoms with Crippen molar-refractivity contribution in [1.82, 2.24) is 0 Å². The van der Waals surface area contributed by atoms with Gasteiger partial charge in [0.2, 0.25) is 0 Å². The molecule has 0 heterocycles. The summed E-state index contributed by atoms with van der Waals surface area (Å²) in [6, 6.07) is 0.0174. The van der Waals surface area contributed by atoms with E-state index < -0.39 is 0 Å². The Morgan fingerprint density at radius 1 is 1.50 bits per heavy atom. The molecule has 0 amide bonds. The highest BCUT2D eigenvalue weighted by atomic mass is 35.5. The number of rotatable bonds is 0. The van der Waals surface area contributed by atoms with Gasteiger partial charge in [0.25, 0.3) is 0 Å². The van der Waals surface area contributed by atoms with Crippen LogP contribution in [0.2, 0.25) is 0 Å². The van der Waals surface area contributed by atoms with E-state index in [-0.39, 0.29) is 18.4 Å². The molecular weight excluding hydrogens is 152 g/mol. The van der Waals surface area contributed by atoms with Gasteiger partial charge in [-0.05, 0) is 19.3 Å². The summed E-state index contributed by atoms with van der Waals surface area (Å²) in [4.78, 5) is 0. The molecule has 10 heavy (non-hydrogen) atoms. The summed E-state index contributed by atoms with van der Waals surface area (Å²) < 4.78 is 0. The van der Waals surface area contributed by atoms with Crippen LogP contribution in [0.3, 0.4) is 0 Å². The average molecular weight is 165 g/mol. The van der Waals surface area contributed by atoms with Gasteiger partial charge in [-0.3, -0.25) is 0 Å². The van der Waals surface area contributed by atoms with Crippen LogP contribution in [0.25, 0.3) is 0 Å². The molecule has 0 aromatic carbocycles. The van der Waals surface area contributed by atoms with E-state index in [2.05, 4.69) is 5.16 Å². The van der Waals surface area contributed by atoms with Crippen molar-refractivity contribution in [1.29, 1.82) is 0 Å². The molecule has 3 nitrogen and oxygen atoms in total. The molecule has 1 saturated carbocycles. The molecule has 0 bridgehead atoms. The van der Waals surface area contributed by atoms with E-state index in [1.165, 1.54) is 6.42 Å². The molecule has 0 spiro atoms. The molecule has 0 radical (unpaired) electrons. The lowest BCUT2D eigenvalue weighted by Gasteiger charge is -2.17. The van der Waals surface area contributed by atoms with Crippen molar-refractivity contribution in [3.8, 4) is 0 Å². The molecule has 60 valence electrons. The van der Waals surface area contributed by atoms with Crippen molar-refractivity contribution >= 4 is 18.1 Å². The summed E-state index contributed by atoms with van der Waals surface area (Å²) in [5, 5.41) is 11.5. The van der Waals surface area contributed by atoms with Crippen LogP contribution >= 0.6 is 12.4 Å². The zero-order valence-corrected chi connectivity index (χ0v) is 6.60. The second-order valence-corrected chi connectivity index (χ2v) is 2.44. The van der Waals surface area contributed by atoms with Crippen LogP contribution in [0.1, 0.15) is 25.7 Å². The van der Waals surface area contributed by atoms with E-state index in [0.717, 1.165) is 25.0 Å². The van der Waals surface area contributed by atoms with Crippen molar-refractivity contribution in [2.24, 2.45) is 10.9 Å². The minimum atomic E-state index is 0. The largest absolute Gasteiger partial charge is 0.411 e. The Hall–Kier alpha value is -0.280. The average Bonchev–Trinajstić information content (AvgIpc) is 1.89. The monoisotopic (exact) mass is 164 g/mol. The zero-order valence-electron chi connectivity index (χ0n) is 5.79. The maximum absolute atomic E-state index is 8.37. The lowest BCUT2D eigenvalue weighted by Crippen LogP contribution is -2.33. The molecule has 1 rings (SSSR count). The van der Waals surface area contributed by atoms with Gasteiger partial charge in [0.1, 0.15) is 0 Å². The Morgan fingerprint density at radius 2 is 2.20 bits per heavy atom. The predicted molar refractivity (Wildman–Crippen MR) is 42.9 cm³/mol. The Kier molecular flexibility index (Phi) is 4.40.